The Balaban J connectivity index is 1.95. The molecule has 8 heteroatoms. The Bertz CT molecular complexity index is 844. The van der Waals surface area contributed by atoms with Crippen LogP contribution in [0.2, 0.25) is 0 Å². The molecule has 1 amide bonds. The van der Waals surface area contributed by atoms with Crippen molar-refractivity contribution in [2.75, 3.05) is 12.8 Å². The highest BCUT2D eigenvalue weighted by Crippen LogP contribution is 2.34. The van der Waals surface area contributed by atoms with Crippen LogP contribution in [0.4, 0.5) is 0 Å². The number of nitrogens with zero attached hydrogens (tertiary/aromatic N) is 3. The number of carbonyl (C=O) groups is 1. The lowest BCUT2D eigenvalue weighted by Gasteiger charge is -2.24. The predicted octanol–water partition coefficient (Wildman–Crippen LogP) is 1.49. The van der Waals surface area contributed by atoms with Crippen LogP contribution in [0, 0.1) is 6.92 Å². The molecule has 0 aromatic carbocycles. The van der Waals surface area contributed by atoms with Gasteiger partial charge in [-0.3, -0.25) is 9.89 Å². The molecule has 3 heterocycles. The Kier molecular flexibility index (Phi) is 3.93. The zero-order chi connectivity index (χ0) is 16.6. The summed E-state index contributed by atoms with van der Waals surface area (Å²) in [5, 5.41) is 6.61. The summed E-state index contributed by atoms with van der Waals surface area (Å²) in [6.07, 6.45) is 3.95. The first kappa shape index (κ1) is 15.7. The van der Waals surface area contributed by atoms with Crippen LogP contribution in [0.3, 0.4) is 0 Å². The molecule has 3 rings (SSSR count). The molecule has 0 spiro atoms. The van der Waals surface area contributed by atoms with Crippen LogP contribution < -0.4 is 0 Å². The van der Waals surface area contributed by atoms with Crippen LogP contribution in [0.25, 0.3) is 0 Å². The third kappa shape index (κ3) is 2.98. The van der Waals surface area contributed by atoms with Crippen LogP contribution in [0.5, 0.6) is 0 Å². The molecule has 1 fully saturated rings. The lowest BCUT2D eigenvalue weighted by atomic mass is 10.1. The van der Waals surface area contributed by atoms with E-state index in [4.69, 9.17) is 0 Å². The first-order valence-corrected chi connectivity index (χ1v) is 9.25. The fraction of sp³-hybridized carbons (Fsp3) is 0.400. The number of hydrogen-bond donors (Lipinski definition) is 1. The van der Waals surface area contributed by atoms with Gasteiger partial charge in [0.2, 0.25) is 0 Å². The molecule has 0 aliphatic carbocycles. The number of amides is 1. The van der Waals surface area contributed by atoms with Gasteiger partial charge in [0.25, 0.3) is 5.91 Å². The fourth-order valence-electron chi connectivity index (χ4n) is 2.94. The number of rotatable bonds is 3. The van der Waals surface area contributed by atoms with Gasteiger partial charge in [0, 0.05) is 18.5 Å². The second-order valence-electron chi connectivity index (χ2n) is 5.74. The van der Waals surface area contributed by atoms with Crippen molar-refractivity contribution >= 4 is 15.7 Å². The molecule has 1 aliphatic heterocycles. The maximum Gasteiger partial charge on any atom is 0.273 e. The molecule has 122 valence electrons. The second-order valence-corrected chi connectivity index (χ2v) is 7.73. The number of carbonyl (C=O) groups excluding carboxylic acids is 1. The molecule has 1 atom stereocenters. The van der Waals surface area contributed by atoms with Gasteiger partial charge in [-0.25, -0.2) is 13.4 Å². The molecule has 2 aromatic rings. The van der Waals surface area contributed by atoms with Gasteiger partial charge in [-0.1, -0.05) is 6.07 Å². The van der Waals surface area contributed by atoms with E-state index in [1.807, 2.05) is 13.0 Å². The van der Waals surface area contributed by atoms with Gasteiger partial charge in [-0.2, -0.15) is 5.10 Å². The van der Waals surface area contributed by atoms with Crippen molar-refractivity contribution < 1.29 is 13.2 Å². The van der Waals surface area contributed by atoms with E-state index in [9.17, 15) is 13.2 Å². The lowest BCUT2D eigenvalue weighted by Crippen LogP contribution is -2.32. The molecule has 0 bridgehead atoms. The van der Waals surface area contributed by atoms with Gasteiger partial charge in [0.1, 0.15) is 10.6 Å². The number of hydrogen-bond acceptors (Lipinski definition) is 5. The summed E-state index contributed by atoms with van der Waals surface area (Å²) >= 11 is 0. The zero-order valence-electron chi connectivity index (χ0n) is 13.0. The molecule has 7 nitrogen and oxygen atoms in total. The van der Waals surface area contributed by atoms with Gasteiger partial charge in [0.15, 0.2) is 9.84 Å². The van der Waals surface area contributed by atoms with E-state index < -0.39 is 9.84 Å². The van der Waals surface area contributed by atoms with Crippen molar-refractivity contribution in [1.29, 1.82) is 0 Å². The summed E-state index contributed by atoms with van der Waals surface area (Å²) in [6.45, 7) is 2.40. The number of aromatic nitrogens is 3. The third-order valence-electron chi connectivity index (χ3n) is 3.99. The molecule has 1 aliphatic rings. The summed E-state index contributed by atoms with van der Waals surface area (Å²) in [4.78, 5) is 18.8. The molecule has 0 radical (unpaired) electrons. The van der Waals surface area contributed by atoms with Crippen molar-refractivity contribution in [1.82, 2.24) is 20.1 Å². The number of H-pyrrole nitrogens is 1. The summed E-state index contributed by atoms with van der Waals surface area (Å²) in [5.41, 5.74) is 1.62. The Morgan fingerprint density at radius 2 is 2.17 bits per heavy atom. The normalized spacial score (nSPS) is 18.3. The van der Waals surface area contributed by atoms with E-state index in [0.717, 1.165) is 18.4 Å². The van der Waals surface area contributed by atoms with E-state index in [0.29, 0.717) is 24.4 Å². The second kappa shape index (κ2) is 5.77. The first-order valence-electron chi connectivity index (χ1n) is 7.36. The lowest BCUT2D eigenvalue weighted by molar-refractivity contribution is 0.0725. The SMILES string of the molecule is Cc1cccc(C(=O)N2CCCC2c2[nH]ncc2S(C)(=O)=O)n1. The van der Waals surface area contributed by atoms with Gasteiger partial charge in [-0.15, -0.1) is 0 Å². The zero-order valence-corrected chi connectivity index (χ0v) is 13.8. The highest BCUT2D eigenvalue weighted by molar-refractivity contribution is 7.90. The van der Waals surface area contributed by atoms with Crippen LogP contribution >= 0.6 is 0 Å². The van der Waals surface area contributed by atoms with Crippen molar-refractivity contribution in [3.05, 3.63) is 41.5 Å². The summed E-state index contributed by atoms with van der Waals surface area (Å²) in [7, 11) is -3.40. The van der Waals surface area contributed by atoms with Crippen molar-refractivity contribution in [2.24, 2.45) is 0 Å². The Morgan fingerprint density at radius 1 is 1.39 bits per heavy atom. The van der Waals surface area contributed by atoms with Gasteiger partial charge in [-0.05, 0) is 31.9 Å². The van der Waals surface area contributed by atoms with Gasteiger partial charge >= 0.3 is 0 Å². The largest absolute Gasteiger partial charge is 0.329 e. The van der Waals surface area contributed by atoms with E-state index in [-0.39, 0.29) is 16.8 Å². The molecule has 1 saturated heterocycles. The standard InChI is InChI=1S/C15H18N4O3S/c1-10-5-3-6-11(17-10)15(20)19-8-4-7-12(19)14-13(9-16-18-14)23(2,21)22/h3,5-6,9,12H,4,7-8H2,1-2H3,(H,16,18). The van der Waals surface area contributed by atoms with E-state index in [1.165, 1.54) is 6.20 Å². The Hall–Kier alpha value is -2.22. The molecule has 1 unspecified atom stereocenters. The van der Waals surface area contributed by atoms with Crippen LogP contribution in [0.15, 0.2) is 29.3 Å². The minimum Gasteiger partial charge on any atom is -0.329 e. The number of likely N-dealkylation sites (tertiary alicyclic amines) is 1. The van der Waals surface area contributed by atoms with Gasteiger partial charge in [0.05, 0.1) is 17.9 Å². The number of sulfone groups is 1. The van der Waals surface area contributed by atoms with Crippen LogP contribution in [-0.2, 0) is 9.84 Å². The van der Waals surface area contributed by atoms with Crippen molar-refractivity contribution in [2.45, 2.75) is 30.7 Å². The first-order chi connectivity index (χ1) is 10.9. The Morgan fingerprint density at radius 3 is 2.87 bits per heavy atom. The van der Waals surface area contributed by atoms with Crippen molar-refractivity contribution in [3.8, 4) is 0 Å². The number of aromatic amines is 1. The Labute approximate surface area is 134 Å². The van der Waals surface area contributed by atoms with Gasteiger partial charge < -0.3 is 4.90 Å². The molecule has 1 N–H and O–H groups in total. The minimum atomic E-state index is -3.40. The third-order valence-corrected chi connectivity index (χ3v) is 5.11. The monoisotopic (exact) mass is 334 g/mol. The maximum absolute atomic E-state index is 12.7. The topological polar surface area (TPSA) is 96.0 Å². The van der Waals surface area contributed by atoms with Crippen molar-refractivity contribution in [3.63, 3.8) is 0 Å². The van der Waals surface area contributed by atoms with Crippen LogP contribution in [-0.4, -0.2) is 47.2 Å². The summed E-state index contributed by atoms with van der Waals surface area (Å²) < 4.78 is 23.8. The highest BCUT2D eigenvalue weighted by Gasteiger charge is 2.35. The molecular formula is C15H18N4O3S. The molecule has 0 saturated carbocycles. The minimum absolute atomic E-state index is 0.152. The molecule has 2 aromatic heterocycles. The molecule has 23 heavy (non-hydrogen) atoms. The number of aryl methyl sites for hydroxylation is 1. The highest BCUT2D eigenvalue weighted by atomic mass is 32.2. The fourth-order valence-corrected chi connectivity index (χ4v) is 3.76. The van der Waals surface area contributed by atoms with Crippen LogP contribution in [0.1, 0.15) is 40.8 Å². The van der Waals surface area contributed by atoms with E-state index in [1.54, 1.807) is 17.0 Å². The predicted molar refractivity (Wildman–Crippen MR) is 83.7 cm³/mol. The number of pyridine rings is 1. The summed E-state index contributed by atoms with van der Waals surface area (Å²) in [6, 6.07) is 4.97. The smallest absolute Gasteiger partial charge is 0.273 e. The molecular weight excluding hydrogens is 316 g/mol. The van der Waals surface area contributed by atoms with E-state index >= 15 is 0 Å². The maximum atomic E-state index is 12.7. The average Bonchev–Trinajstić information content (AvgIpc) is 3.14. The average molecular weight is 334 g/mol. The summed E-state index contributed by atoms with van der Waals surface area (Å²) in [5.74, 6) is -0.190. The quantitative estimate of drug-likeness (QED) is 0.917. The number of nitrogens with one attached hydrogen (secondary N) is 1. The van der Waals surface area contributed by atoms with E-state index in [2.05, 4.69) is 15.2 Å².